The Morgan fingerprint density at radius 1 is 1.04 bits per heavy atom. The molecule has 2 aromatic carbocycles. The Labute approximate surface area is 145 Å². The van der Waals surface area contributed by atoms with Crippen molar-refractivity contribution in [2.45, 2.75) is 25.2 Å². The topological polar surface area (TPSA) is 57.6 Å². The highest BCUT2D eigenvalue weighted by Gasteiger charge is 2.26. The van der Waals surface area contributed by atoms with Gasteiger partial charge in [0.15, 0.2) is 0 Å². The van der Waals surface area contributed by atoms with Crippen LogP contribution in [0.4, 0.5) is 4.39 Å². The number of hydrogen-bond acceptors (Lipinski definition) is 2. The largest absolute Gasteiger partial charge is 0.478 e. The second-order valence-electron chi connectivity index (χ2n) is 6.35. The number of carbonyl (C=O) groups excluding carboxylic acids is 1. The van der Waals surface area contributed by atoms with Gasteiger partial charge in [-0.1, -0.05) is 30.3 Å². The Balaban J connectivity index is 1.61. The van der Waals surface area contributed by atoms with Crippen LogP contribution in [0.3, 0.4) is 0 Å². The zero-order valence-corrected chi connectivity index (χ0v) is 13.8. The van der Waals surface area contributed by atoms with Crippen molar-refractivity contribution < 1.29 is 19.1 Å². The molecule has 0 aliphatic carbocycles. The SMILES string of the molecule is O=C(O)c1ccccc1C1CCN(C(=O)Cc2ccc(F)cc2)CC1. The molecule has 130 valence electrons. The van der Waals surface area contributed by atoms with Crippen LogP contribution in [0.1, 0.15) is 40.2 Å². The molecule has 0 bridgehead atoms. The van der Waals surface area contributed by atoms with Crippen LogP contribution in [0.5, 0.6) is 0 Å². The van der Waals surface area contributed by atoms with Gasteiger partial charge in [0.05, 0.1) is 12.0 Å². The molecular formula is C20H20FNO3. The van der Waals surface area contributed by atoms with Crippen molar-refractivity contribution in [3.63, 3.8) is 0 Å². The number of carbonyl (C=O) groups is 2. The van der Waals surface area contributed by atoms with E-state index in [1.165, 1.54) is 12.1 Å². The Morgan fingerprint density at radius 2 is 1.68 bits per heavy atom. The molecule has 0 aromatic heterocycles. The fourth-order valence-electron chi connectivity index (χ4n) is 3.38. The summed E-state index contributed by atoms with van der Waals surface area (Å²) in [5.74, 6) is -1.04. The lowest BCUT2D eigenvalue weighted by molar-refractivity contribution is -0.131. The maximum absolute atomic E-state index is 12.9. The predicted molar refractivity (Wildman–Crippen MR) is 92.1 cm³/mol. The number of benzene rings is 2. The second-order valence-corrected chi connectivity index (χ2v) is 6.35. The molecule has 1 amide bonds. The van der Waals surface area contributed by atoms with Gasteiger partial charge in [-0.3, -0.25) is 4.79 Å². The maximum Gasteiger partial charge on any atom is 0.335 e. The van der Waals surface area contributed by atoms with Crippen LogP contribution in [0, 0.1) is 5.82 Å². The van der Waals surface area contributed by atoms with Gasteiger partial charge in [0.2, 0.25) is 5.91 Å². The summed E-state index contributed by atoms with van der Waals surface area (Å²) in [6, 6.07) is 13.1. The minimum atomic E-state index is -0.912. The minimum Gasteiger partial charge on any atom is -0.478 e. The molecule has 0 atom stereocenters. The molecule has 1 fully saturated rings. The van der Waals surface area contributed by atoms with Crippen LogP contribution >= 0.6 is 0 Å². The summed E-state index contributed by atoms with van der Waals surface area (Å²) in [7, 11) is 0. The van der Waals surface area contributed by atoms with E-state index in [1.54, 1.807) is 24.3 Å². The molecule has 0 unspecified atom stereocenters. The molecule has 0 radical (unpaired) electrons. The lowest BCUT2D eigenvalue weighted by Gasteiger charge is -2.33. The van der Waals surface area contributed by atoms with E-state index in [4.69, 9.17) is 0 Å². The average molecular weight is 341 g/mol. The van der Waals surface area contributed by atoms with Crippen LogP contribution in [-0.4, -0.2) is 35.0 Å². The lowest BCUT2D eigenvalue weighted by Crippen LogP contribution is -2.39. The number of likely N-dealkylation sites (tertiary alicyclic amines) is 1. The van der Waals surface area contributed by atoms with Crippen molar-refractivity contribution in [3.8, 4) is 0 Å². The number of hydrogen-bond donors (Lipinski definition) is 1. The highest BCUT2D eigenvalue weighted by Crippen LogP contribution is 2.30. The highest BCUT2D eigenvalue weighted by atomic mass is 19.1. The number of nitrogens with zero attached hydrogens (tertiary/aromatic N) is 1. The number of carboxylic acid groups (broad SMARTS) is 1. The van der Waals surface area contributed by atoms with Crippen LogP contribution in [0.25, 0.3) is 0 Å². The number of piperidine rings is 1. The van der Waals surface area contributed by atoms with Crippen LogP contribution in [0.2, 0.25) is 0 Å². The quantitative estimate of drug-likeness (QED) is 0.926. The Hall–Kier alpha value is -2.69. The number of rotatable bonds is 4. The minimum absolute atomic E-state index is 0.0246. The third-order valence-electron chi connectivity index (χ3n) is 4.75. The molecule has 0 saturated carbocycles. The molecule has 1 heterocycles. The van der Waals surface area contributed by atoms with Crippen molar-refractivity contribution in [3.05, 3.63) is 71.0 Å². The molecular weight excluding hydrogens is 321 g/mol. The van der Waals surface area contributed by atoms with Crippen molar-refractivity contribution in [2.75, 3.05) is 13.1 Å². The summed E-state index contributed by atoms with van der Waals surface area (Å²) in [5.41, 5.74) is 1.99. The van der Waals surface area contributed by atoms with E-state index in [0.717, 1.165) is 24.0 Å². The van der Waals surface area contributed by atoms with Crippen molar-refractivity contribution in [1.82, 2.24) is 4.90 Å². The number of carboxylic acids is 1. The summed E-state index contributed by atoms with van der Waals surface area (Å²) < 4.78 is 12.9. The molecule has 25 heavy (non-hydrogen) atoms. The Bertz CT molecular complexity index is 765. The third-order valence-corrected chi connectivity index (χ3v) is 4.75. The van der Waals surface area contributed by atoms with Gasteiger partial charge in [-0.25, -0.2) is 9.18 Å². The fraction of sp³-hybridized carbons (Fsp3) is 0.300. The first-order chi connectivity index (χ1) is 12.0. The van der Waals surface area contributed by atoms with E-state index in [-0.39, 0.29) is 24.1 Å². The zero-order valence-electron chi connectivity index (χ0n) is 13.8. The van der Waals surface area contributed by atoms with E-state index < -0.39 is 5.97 Å². The number of halogens is 1. The van der Waals surface area contributed by atoms with Gasteiger partial charge < -0.3 is 10.0 Å². The van der Waals surface area contributed by atoms with E-state index in [0.29, 0.717) is 18.7 Å². The third kappa shape index (κ3) is 4.05. The number of aromatic carboxylic acids is 1. The Morgan fingerprint density at radius 3 is 2.32 bits per heavy atom. The summed E-state index contributed by atoms with van der Waals surface area (Å²) in [4.78, 5) is 25.6. The fourth-order valence-corrected chi connectivity index (χ4v) is 3.38. The number of amides is 1. The summed E-state index contributed by atoms with van der Waals surface area (Å²) in [6.45, 7) is 1.22. The normalized spacial score (nSPS) is 15.2. The standard InChI is InChI=1S/C20H20FNO3/c21-16-7-5-14(6-8-16)13-19(23)22-11-9-15(10-12-22)17-3-1-2-4-18(17)20(24)25/h1-8,15H,9-13H2,(H,24,25). The smallest absolute Gasteiger partial charge is 0.335 e. The van der Waals surface area contributed by atoms with Crippen molar-refractivity contribution in [1.29, 1.82) is 0 Å². The van der Waals surface area contributed by atoms with Gasteiger partial charge in [-0.05, 0) is 48.1 Å². The summed E-state index contributed by atoms with van der Waals surface area (Å²) in [5, 5.41) is 9.33. The van der Waals surface area contributed by atoms with E-state index in [2.05, 4.69) is 0 Å². The molecule has 4 nitrogen and oxygen atoms in total. The first kappa shape index (κ1) is 17.1. The van der Waals surface area contributed by atoms with Gasteiger partial charge in [0, 0.05) is 13.1 Å². The molecule has 1 saturated heterocycles. The van der Waals surface area contributed by atoms with Crippen LogP contribution in [-0.2, 0) is 11.2 Å². The Kier molecular flexibility index (Phi) is 5.12. The van der Waals surface area contributed by atoms with Gasteiger partial charge in [0.25, 0.3) is 0 Å². The predicted octanol–water partition coefficient (Wildman–Crippen LogP) is 3.47. The van der Waals surface area contributed by atoms with Gasteiger partial charge in [-0.2, -0.15) is 0 Å². The van der Waals surface area contributed by atoms with Crippen LogP contribution in [0.15, 0.2) is 48.5 Å². The average Bonchev–Trinajstić information content (AvgIpc) is 2.63. The lowest BCUT2D eigenvalue weighted by atomic mass is 9.86. The maximum atomic E-state index is 12.9. The molecule has 2 aromatic rings. The molecule has 3 rings (SSSR count). The molecule has 1 aliphatic rings. The first-order valence-corrected chi connectivity index (χ1v) is 8.39. The van der Waals surface area contributed by atoms with Gasteiger partial charge in [0.1, 0.15) is 5.82 Å². The molecule has 1 aliphatic heterocycles. The molecule has 5 heteroatoms. The van der Waals surface area contributed by atoms with E-state index in [9.17, 15) is 19.1 Å². The van der Waals surface area contributed by atoms with E-state index >= 15 is 0 Å². The van der Waals surface area contributed by atoms with Crippen molar-refractivity contribution >= 4 is 11.9 Å². The summed E-state index contributed by atoms with van der Waals surface area (Å²) in [6.07, 6.45) is 1.76. The highest BCUT2D eigenvalue weighted by molar-refractivity contribution is 5.89. The van der Waals surface area contributed by atoms with Crippen molar-refractivity contribution in [2.24, 2.45) is 0 Å². The van der Waals surface area contributed by atoms with Gasteiger partial charge >= 0.3 is 5.97 Å². The van der Waals surface area contributed by atoms with Gasteiger partial charge in [-0.15, -0.1) is 0 Å². The first-order valence-electron chi connectivity index (χ1n) is 8.39. The molecule has 1 N–H and O–H groups in total. The zero-order chi connectivity index (χ0) is 17.8. The van der Waals surface area contributed by atoms with E-state index in [1.807, 2.05) is 17.0 Å². The summed E-state index contributed by atoms with van der Waals surface area (Å²) >= 11 is 0. The second kappa shape index (κ2) is 7.47. The van der Waals surface area contributed by atoms with Crippen LogP contribution < -0.4 is 0 Å². The molecule has 0 spiro atoms. The monoisotopic (exact) mass is 341 g/mol.